The van der Waals surface area contributed by atoms with Crippen LogP contribution in [0, 0.1) is 10.8 Å². The quantitative estimate of drug-likeness (QED) is 0.800. The van der Waals surface area contributed by atoms with Crippen LogP contribution in [-0.4, -0.2) is 16.8 Å². The fourth-order valence-electron chi connectivity index (χ4n) is 5.21. The summed E-state index contributed by atoms with van der Waals surface area (Å²) in [5.41, 5.74) is 0.0332. The van der Waals surface area contributed by atoms with Crippen LogP contribution in [0.1, 0.15) is 52.5 Å². The maximum atomic E-state index is 9.90. The first kappa shape index (κ1) is 14.5. The average molecular weight is 304 g/mol. The summed E-state index contributed by atoms with van der Waals surface area (Å²) in [5.74, 6) is -0.708. The van der Waals surface area contributed by atoms with Crippen molar-refractivity contribution in [1.29, 1.82) is 0 Å². The van der Waals surface area contributed by atoms with Gasteiger partial charge in [-0.1, -0.05) is 46.2 Å². The zero-order valence-corrected chi connectivity index (χ0v) is 13.7. The molecule has 1 N–H and O–H groups in total. The number of benzene rings is 1. The molecule has 0 aromatic heterocycles. The van der Waals surface area contributed by atoms with E-state index in [1.54, 1.807) is 12.1 Å². The van der Waals surface area contributed by atoms with Gasteiger partial charge in [-0.05, 0) is 25.0 Å². The Kier molecular flexibility index (Phi) is 2.67. The molecule has 4 rings (SSSR count). The van der Waals surface area contributed by atoms with Crippen LogP contribution in [0.25, 0.3) is 0 Å². The molecule has 1 aliphatic carbocycles. The number of phenolic OH excluding ortho intramolecular Hbond substituents is 1. The molecule has 22 heavy (non-hydrogen) atoms. The van der Waals surface area contributed by atoms with Gasteiger partial charge in [0.2, 0.25) is 0 Å². The van der Waals surface area contributed by atoms with Crippen molar-refractivity contribution in [2.75, 3.05) is 0 Å². The smallest absolute Gasteiger partial charge is 0.261 e. The summed E-state index contributed by atoms with van der Waals surface area (Å²) in [4.78, 5) is 11.6. The fraction of sp³-hybridized carbons (Fsp3) is 0.667. The summed E-state index contributed by atoms with van der Waals surface area (Å²) in [5, 5.41) is 9.90. The molecule has 3 fully saturated rings. The van der Waals surface area contributed by atoms with Crippen molar-refractivity contribution < 1.29 is 19.6 Å². The minimum absolute atomic E-state index is 0.0883. The lowest BCUT2D eigenvalue weighted by Crippen LogP contribution is -2.73. The molecule has 4 nitrogen and oxygen atoms in total. The minimum atomic E-state index is -0.927. The van der Waals surface area contributed by atoms with E-state index >= 15 is 0 Å². The number of fused-ring (bicyclic) bond motifs is 3. The second-order valence-electron chi connectivity index (χ2n) is 8.18. The molecule has 0 radical (unpaired) electrons. The van der Waals surface area contributed by atoms with E-state index in [1.807, 2.05) is 12.1 Å². The number of rotatable bonds is 1. The van der Waals surface area contributed by atoms with E-state index in [0.717, 1.165) is 24.8 Å². The number of aromatic hydroxyl groups is 1. The maximum absolute atomic E-state index is 9.90. The van der Waals surface area contributed by atoms with Gasteiger partial charge in [-0.25, -0.2) is 4.89 Å². The first-order valence-electron chi connectivity index (χ1n) is 8.11. The zero-order valence-electron chi connectivity index (χ0n) is 13.7. The molecule has 4 heteroatoms. The third-order valence-corrected chi connectivity index (χ3v) is 6.02. The third kappa shape index (κ3) is 1.35. The lowest BCUT2D eigenvalue weighted by Gasteiger charge is -2.61. The number of hydrogen-bond acceptors (Lipinski definition) is 4. The van der Waals surface area contributed by atoms with Gasteiger partial charge in [-0.2, -0.15) is 4.89 Å². The number of ether oxygens (including phenoxy) is 1. The standard InChI is InChI=1S/C18H24O4/c1-15(2,3)18-16(4)10-6-9-14(16)20-17(18,21-22-18)12-7-5-8-13(19)11-12/h5,7-8,11,14,19H,6,9-10H2,1-4H3/t14-,16+,17+,18+/m1/s1. The highest BCUT2D eigenvalue weighted by atomic mass is 17.3. The van der Waals surface area contributed by atoms with Gasteiger partial charge in [-0.3, -0.25) is 0 Å². The van der Waals surface area contributed by atoms with Gasteiger partial charge in [0.1, 0.15) is 5.75 Å². The monoisotopic (exact) mass is 304 g/mol. The van der Waals surface area contributed by atoms with Gasteiger partial charge in [0.15, 0.2) is 5.60 Å². The summed E-state index contributed by atoms with van der Waals surface area (Å²) in [7, 11) is 0. The van der Waals surface area contributed by atoms with Crippen molar-refractivity contribution in [3.05, 3.63) is 29.8 Å². The lowest BCUT2D eigenvalue weighted by molar-refractivity contribution is -0.628. The van der Waals surface area contributed by atoms with Crippen LogP contribution in [0.3, 0.4) is 0 Å². The summed E-state index contributed by atoms with van der Waals surface area (Å²) in [6.45, 7) is 8.82. The highest BCUT2D eigenvalue weighted by Crippen LogP contribution is 2.74. The Morgan fingerprint density at radius 1 is 1.23 bits per heavy atom. The minimum Gasteiger partial charge on any atom is -0.508 e. The average Bonchev–Trinajstić information content (AvgIpc) is 2.80. The number of phenols is 1. The molecule has 120 valence electrons. The van der Waals surface area contributed by atoms with E-state index in [-0.39, 0.29) is 22.7 Å². The molecule has 3 aliphatic rings. The second kappa shape index (κ2) is 4.05. The molecule has 2 aliphatic heterocycles. The predicted molar refractivity (Wildman–Crippen MR) is 81.0 cm³/mol. The van der Waals surface area contributed by atoms with Crippen LogP contribution in [0.15, 0.2) is 24.3 Å². The van der Waals surface area contributed by atoms with Crippen molar-refractivity contribution in [3.8, 4) is 5.75 Å². The Labute approximate surface area is 131 Å². The SMILES string of the molecule is CC(C)(C)[C@@]12OO[C@]1(c1cccc(O)c1)O[C@@H]1CCC[C@@]12C. The van der Waals surface area contributed by atoms with Gasteiger partial charge in [0.25, 0.3) is 5.79 Å². The van der Waals surface area contributed by atoms with Gasteiger partial charge >= 0.3 is 0 Å². The maximum Gasteiger partial charge on any atom is 0.261 e. The highest BCUT2D eigenvalue weighted by Gasteiger charge is 2.85. The lowest BCUT2D eigenvalue weighted by atomic mass is 9.55. The molecular formula is C18H24O4. The topological polar surface area (TPSA) is 47.9 Å². The first-order valence-corrected chi connectivity index (χ1v) is 8.11. The van der Waals surface area contributed by atoms with E-state index in [9.17, 15) is 5.11 Å². The molecule has 0 unspecified atom stereocenters. The second-order valence-corrected chi connectivity index (χ2v) is 8.18. The Bertz CT molecular complexity index is 622. The molecule has 2 saturated heterocycles. The Morgan fingerprint density at radius 3 is 2.59 bits per heavy atom. The third-order valence-electron chi connectivity index (χ3n) is 6.02. The molecule has 0 amide bonds. The summed E-state index contributed by atoms with van der Waals surface area (Å²) in [6, 6.07) is 7.17. The molecule has 0 spiro atoms. The van der Waals surface area contributed by atoms with Crippen LogP contribution in [0.4, 0.5) is 0 Å². The largest absolute Gasteiger partial charge is 0.508 e. The normalized spacial score (nSPS) is 43.5. The van der Waals surface area contributed by atoms with Crippen LogP contribution in [0.2, 0.25) is 0 Å². The van der Waals surface area contributed by atoms with E-state index in [1.165, 1.54) is 0 Å². The Balaban J connectivity index is 1.93. The summed E-state index contributed by atoms with van der Waals surface area (Å²) >= 11 is 0. The van der Waals surface area contributed by atoms with Gasteiger partial charge in [0, 0.05) is 16.4 Å². The summed E-state index contributed by atoms with van der Waals surface area (Å²) < 4.78 is 6.49. The number of hydrogen-bond donors (Lipinski definition) is 1. The molecule has 4 atom stereocenters. The van der Waals surface area contributed by atoms with Gasteiger partial charge in [0.05, 0.1) is 6.10 Å². The van der Waals surface area contributed by atoms with Crippen molar-refractivity contribution in [2.45, 2.75) is 64.4 Å². The highest BCUT2D eigenvalue weighted by molar-refractivity contribution is 5.38. The molecular weight excluding hydrogens is 280 g/mol. The van der Waals surface area contributed by atoms with Crippen molar-refractivity contribution in [1.82, 2.24) is 0 Å². The van der Waals surface area contributed by atoms with Crippen LogP contribution in [-0.2, 0) is 20.3 Å². The predicted octanol–water partition coefficient (Wildman–Crippen LogP) is 3.88. The van der Waals surface area contributed by atoms with Gasteiger partial charge < -0.3 is 9.84 Å². The molecule has 1 aromatic carbocycles. The van der Waals surface area contributed by atoms with E-state index in [0.29, 0.717) is 0 Å². The zero-order chi connectivity index (χ0) is 15.8. The van der Waals surface area contributed by atoms with Crippen molar-refractivity contribution in [2.24, 2.45) is 10.8 Å². The van der Waals surface area contributed by atoms with Crippen molar-refractivity contribution in [3.63, 3.8) is 0 Å². The van der Waals surface area contributed by atoms with Crippen LogP contribution in [0.5, 0.6) is 5.75 Å². The molecule has 1 saturated carbocycles. The van der Waals surface area contributed by atoms with Gasteiger partial charge in [-0.15, -0.1) is 0 Å². The van der Waals surface area contributed by atoms with Crippen LogP contribution >= 0.6 is 0 Å². The molecule has 0 bridgehead atoms. The Morgan fingerprint density at radius 2 is 2.00 bits per heavy atom. The molecule has 1 aromatic rings. The van der Waals surface area contributed by atoms with E-state index in [4.69, 9.17) is 14.5 Å². The van der Waals surface area contributed by atoms with E-state index in [2.05, 4.69) is 27.7 Å². The fourth-order valence-corrected chi connectivity index (χ4v) is 5.21. The first-order chi connectivity index (χ1) is 10.3. The summed E-state index contributed by atoms with van der Waals surface area (Å²) in [6.07, 6.45) is 3.37. The van der Waals surface area contributed by atoms with E-state index < -0.39 is 11.4 Å². The van der Waals surface area contributed by atoms with Crippen LogP contribution < -0.4 is 0 Å². The van der Waals surface area contributed by atoms with Crippen molar-refractivity contribution >= 4 is 0 Å². The Hall–Kier alpha value is -1.10. The molecule has 2 heterocycles.